The molecule has 15 heavy (non-hydrogen) atoms. The van der Waals surface area contributed by atoms with Crippen molar-refractivity contribution in [3.05, 3.63) is 0 Å². The molecule has 2 unspecified atom stereocenters. The molecule has 0 aromatic heterocycles. The lowest BCUT2D eigenvalue weighted by atomic mass is 9.69. The summed E-state index contributed by atoms with van der Waals surface area (Å²) in [5.74, 6) is 3.17. The van der Waals surface area contributed by atoms with Gasteiger partial charge in [0, 0.05) is 0 Å². The summed E-state index contributed by atoms with van der Waals surface area (Å²) in [6, 6.07) is 0. The van der Waals surface area contributed by atoms with Crippen LogP contribution in [0.3, 0.4) is 0 Å². The molecule has 0 amide bonds. The fraction of sp³-hybridized carbons (Fsp3) is 1.00. The van der Waals surface area contributed by atoms with E-state index in [-0.39, 0.29) is 0 Å². The Labute approximate surface area is 95.0 Å². The Morgan fingerprint density at radius 2 is 1.73 bits per heavy atom. The molecule has 1 nitrogen and oxygen atoms in total. The number of hydrogen-bond acceptors (Lipinski definition) is 1. The van der Waals surface area contributed by atoms with Crippen LogP contribution in [-0.2, 0) is 0 Å². The molecule has 1 heteroatoms. The minimum absolute atomic E-state index is 0.998. The largest absolute Gasteiger partial charge is 0.317 e. The summed E-state index contributed by atoms with van der Waals surface area (Å²) in [6.45, 7) is 4.67. The first-order valence-electron chi connectivity index (χ1n) is 7.12. The van der Waals surface area contributed by atoms with E-state index >= 15 is 0 Å². The van der Waals surface area contributed by atoms with Crippen LogP contribution in [0.15, 0.2) is 0 Å². The minimum Gasteiger partial charge on any atom is -0.317 e. The Kier molecular flexibility index (Phi) is 4.49. The molecule has 2 rings (SSSR count). The minimum atomic E-state index is 0.998. The van der Waals surface area contributed by atoms with Gasteiger partial charge >= 0.3 is 0 Å². The van der Waals surface area contributed by atoms with Crippen LogP contribution >= 0.6 is 0 Å². The Balaban J connectivity index is 1.87. The molecule has 2 atom stereocenters. The molecule has 2 aliphatic rings. The van der Waals surface area contributed by atoms with Crippen LogP contribution < -0.4 is 5.32 Å². The molecule has 0 aliphatic heterocycles. The first-order chi connectivity index (χ1) is 7.42. The lowest BCUT2D eigenvalue weighted by molar-refractivity contribution is 0.133. The highest BCUT2D eigenvalue weighted by molar-refractivity contribution is 4.85. The molecule has 0 radical (unpaired) electrons. The van der Waals surface area contributed by atoms with Crippen molar-refractivity contribution in [1.82, 2.24) is 5.32 Å². The first kappa shape index (κ1) is 11.4. The number of hydrogen-bond donors (Lipinski definition) is 1. The van der Waals surface area contributed by atoms with Gasteiger partial charge in [-0.15, -0.1) is 0 Å². The Morgan fingerprint density at radius 3 is 2.40 bits per heavy atom. The fourth-order valence-corrected chi connectivity index (χ4v) is 3.48. The Morgan fingerprint density at radius 1 is 0.933 bits per heavy atom. The third-order valence-electron chi connectivity index (χ3n) is 4.63. The van der Waals surface area contributed by atoms with E-state index in [1.807, 2.05) is 0 Å². The number of nitrogens with one attached hydrogen (secondary N) is 1. The third-order valence-corrected chi connectivity index (χ3v) is 4.63. The van der Waals surface area contributed by atoms with E-state index in [2.05, 4.69) is 12.2 Å². The van der Waals surface area contributed by atoms with Gasteiger partial charge in [0.05, 0.1) is 0 Å². The molecule has 0 spiro atoms. The van der Waals surface area contributed by atoms with Gasteiger partial charge in [0.25, 0.3) is 0 Å². The van der Waals surface area contributed by atoms with Crippen molar-refractivity contribution in [1.29, 1.82) is 0 Å². The van der Waals surface area contributed by atoms with Gasteiger partial charge in [0.1, 0.15) is 0 Å². The molecule has 0 heterocycles. The fourth-order valence-electron chi connectivity index (χ4n) is 3.48. The SMILES string of the molecule is CCNCC1CCCCCC1C1CCC1. The highest BCUT2D eigenvalue weighted by Gasteiger charge is 2.33. The quantitative estimate of drug-likeness (QED) is 0.698. The van der Waals surface area contributed by atoms with Gasteiger partial charge in [-0.2, -0.15) is 0 Å². The zero-order chi connectivity index (χ0) is 10.5. The second-order valence-electron chi connectivity index (χ2n) is 5.56. The van der Waals surface area contributed by atoms with Crippen LogP contribution in [0.1, 0.15) is 58.3 Å². The average molecular weight is 209 g/mol. The summed E-state index contributed by atoms with van der Waals surface area (Å²) in [5.41, 5.74) is 0. The van der Waals surface area contributed by atoms with Gasteiger partial charge in [-0.05, 0) is 43.7 Å². The summed E-state index contributed by atoms with van der Waals surface area (Å²) in [7, 11) is 0. The van der Waals surface area contributed by atoms with Gasteiger partial charge in [0.15, 0.2) is 0 Å². The predicted molar refractivity (Wildman–Crippen MR) is 65.9 cm³/mol. The normalized spacial score (nSPS) is 33.4. The lowest BCUT2D eigenvalue weighted by Crippen LogP contribution is -2.34. The topological polar surface area (TPSA) is 12.0 Å². The molecule has 2 aliphatic carbocycles. The molecule has 1 N–H and O–H groups in total. The van der Waals surface area contributed by atoms with Gasteiger partial charge < -0.3 is 5.32 Å². The zero-order valence-electron chi connectivity index (χ0n) is 10.3. The van der Waals surface area contributed by atoms with Crippen LogP contribution in [0.25, 0.3) is 0 Å². The van der Waals surface area contributed by atoms with E-state index in [0.717, 1.165) is 24.3 Å². The second-order valence-corrected chi connectivity index (χ2v) is 5.56. The molecular formula is C14H27N. The van der Waals surface area contributed by atoms with Gasteiger partial charge in [0.2, 0.25) is 0 Å². The van der Waals surface area contributed by atoms with Gasteiger partial charge in [-0.1, -0.05) is 45.4 Å². The number of rotatable bonds is 4. The summed E-state index contributed by atoms with van der Waals surface area (Å²) >= 11 is 0. The molecule has 2 fully saturated rings. The van der Waals surface area contributed by atoms with Crippen LogP contribution in [0.2, 0.25) is 0 Å². The summed E-state index contributed by atoms with van der Waals surface area (Å²) < 4.78 is 0. The van der Waals surface area contributed by atoms with Crippen LogP contribution in [0, 0.1) is 17.8 Å². The van der Waals surface area contributed by atoms with Crippen molar-refractivity contribution in [3.63, 3.8) is 0 Å². The van der Waals surface area contributed by atoms with Gasteiger partial charge in [-0.3, -0.25) is 0 Å². The van der Waals surface area contributed by atoms with E-state index in [9.17, 15) is 0 Å². The standard InChI is InChI=1S/C14H27N/c1-2-15-11-13-7-4-3-5-10-14(13)12-8-6-9-12/h12-15H,2-11H2,1H3. The lowest BCUT2D eigenvalue weighted by Gasteiger charge is -2.38. The highest BCUT2D eigenvalue weighted by atomic mass is 14.8. The van der Waals surface area contributed by atoms with Gasteiger partial charge in [-0.25, -0.2) is 0 Å². The first-order valence-corrected chi connectivity index (χ1v) is 7.12. The maximum absolute atomic E-state index is 3.58. The third kappa shape index (κ3) is 2.96. The predicted octanol–water partition coefficient (Wildman–Crippen LogP) is 3.59. The summed E-state index contributed by atoms with van der Waals surface area (Å²) in [6.07, 6.45) is 12.1. The van der Waals surface area contributed by atoms with Crippen LogP contribution in [-0.4, -0.2) is 13.1 Å². The zero-order valence-corrected chi connectivity index (χ0v) is 10.3. The maximum atomic E-state index is 3.58. The Hall–Kier alpha value is -0.0400. The van der Waals surface area contributed by atoms with E-state index < -0.39 is 0 Å². The van der Waals surface area contributed by atoms with E-state index in [4.69, 9.17) is 0 Å². The molecule has 0 saturated heterocycles. The molecule has 88 valence electrons. The molecule has 0 bridgehead atoms. The van der Waals surface area contributed by atoms with Crippen molar-refractivity contribution in [2.75, 3.05) is 13.1 Å². The molecule has 0 aromatic carbocycles. The van der Waals surface area contributed by atoms with E-state index in [1.54, 1.807) is 0 Å². The molecular weight excluding hydrogens is 182 g/mol. The van der Waals surface area contributed by atoms with E-state index in [0.29, 0.717) is 0 Å². The van der Waals surface area contributed by atoms with Crippen molar-refractivity contribution < 1.29 is 0 Å². The average Bonchev–Trinajstić information content (AvgIpc) is 2.38. The van der Waals surface area contributed by atoms with Crippen LogP contribution in [0.4, 0.5) is 0 Å². The van der Waals surface area contributed by atoms with E-state index in [1.165, 1.54) is 57.9 Å². The second kappa shape index (κ2) is 5.89. The monoisotopic (exact) mass is 209 g/mol. The van der Waals surface area contributed by atoms with Crippen LogP contribution in [0.5, 0.6) is 0 Å². The summed E-state index contributed by atoms with van der Waals surface area (Å²) in [4.78, 5) is 0. The summed E-state index contributed by atoms with van der Waals surface area (Å²) in [5, 5.41) is 3.58. The Bertz CT molecular complexity index is 174. The van der Waals surface area contributed by atoms with Crippen molar-refractivity contribution >= 4 is 0 Å². The maximum Gasteiger partial charge on any atom is -0.00179 e. The van der Waals surface area contributed by atoms with Crippen molar-refractivity contribution in [2.24, 2.45) is 17.8 Å². The smallest absolute Gasteiger partial charge is 0.00179 e. The van der Waals surface area contributed by atoms with Crippen molar-refractivity contribution in [3.8, 4) is 0 Å². The van der Waals surface area contributed by atoms with Crippen molar-refractivity contribution in [2.45, 2.75) is 58.3 Å². The molecule has 0 aromatic rings. The molecule has 2 saturated carbocycles. The highest BCUT2D eigenvalue weighted by Crippen LogP contribution is 2.42.